The lowest BCUT2D eigenvalue weighted by molar-refractivity contribution is 0.520. The molecule has 0 saturated carbocycles. The van der Waals surface area contributed by atoms with Crippen molar-refractivity contribution in [2.45, 2.75) is 15.7 Å². The second kappa shape index (κ2) is 7.08. The summed E-state index contributed by atoms with van der Waals surface area (Å²) in [4.78, 5) is 4.25. The molecule has 0 saturated heterocycles. The minimum Gasteiger partial charge on any atom is -0.249 e. The summed E-state index contributed by atoms with van der Waals surface area (Å²) in [5.74, 6) is 0.139. The number of sulfonamides is 1. The molecule has 2 aromatic rings. The Morgan fingerprint density at radius 1 is 1.27 bits per heavy atom. The standard InChI is InChI=1S/C14H14BrFN2O2S2/c1-18(2)22(19,20)12-5-6-14(17-8-12)21-9-10-3-4-11(15)7-13(10)16/h3-8H,9H2,1-2H3. The van der Waals surface area contributed by atoms with Gasteiger partial charge in [0, 0.05) is 30.5 Å². The van der Waals surface area contributed by atoms with E-state index in [2.05, 4.69) is 20.9 Å². The van der Waals surface area contributed by atoms with Gasteiger partial charge in [-0.1, -0.05) is 22.0 Å². The summed E-state index contributed by atoms with van der Waals surface area (Å²) in [5.41, 5.74) is 0.569. The molecule has 0 N–H and O–H groups in total. The summed E-state index contributed by atoms with van der Waals surface area (Å²) in [5, 5.41) is 0.639. The van der Waals surface area contributed by atoms with Crippen molar-refractivity contribution in [2.24, 2.45) is 0 Å². The molecule has 0 bridgehead atoms. The number of aromatic nitrogens is 1. The molecule has 0 radical (unpaired) electrons. The fraction of sp³-hybridized carbons (Fsp3) is 0.214. The molecule has 0 atom stereocenters. The molecule has 4 nitrogen and oxygen atoms in total. The van der Waals surface area contributed by atoms with Gasteiger partial charge in [0.1, 0.15) is 10.7 Å². The predicted octanol–water partition coefficient (Wildman–Crippen LogP) is 3.53. The Morgan fingerprint density at radius 2 is 2.00 bits per heavy atom. The average Bonchev–Trinajstić information content (AvgIpc) is 2.46. The molecule has 1 aromatic carbocycles. The summed E-state index contributed by atoms with van der Waals surface area (Å²) in [6, 6.07) is 8.02. The van der Waals surface area contributed by atoms with Gasteiger partial charge in [-0.2, -0.15) is 0 Å². The SMILES string of the molecule is CN(C)S(=O)(=O)c1ccc(SCc2ccc(Br)cc2F)nc1. The highest BCUT2D eigenvalue weighted by Gasteiger charge is 2.17. The number of hydrogen-bond donors (Lipinski definition) is 0. The molecule has 0 aliphatic rings. The molecule has 1 heterocycles. The van der Waals surface area contributed by atoms with Gasteiger partial charge in [0.2, 0.25) is 10.0 Å². The Balaban J connectivity index is 2.09. The topological polar surface area (TPSA) is 50.3 Å². The Hall–Kier alpha value is -0.960. The van der Waals surface area contributed by atoms with E-state index in [0.717, 1.165) is 4.31 Å². The van der Waals surface area contributed by atoms with E-state index in [0.29, 0.717) is 20.8 Å². The molecule has 0 spiro atoms. The highest BCUT2D eigenvalue weighted by atomic mass is 79.9. The first-order chi connectivity index (χ1) is 10.3. The van der Waals surface area contributed by atoms with E-state index in [1.165, 1.54) is 44.2 Å². The molecular formula is C14H14BrFN2O2S2. The van der Waals surface area contributed by atoms with Gasteiger partial charge in [-0.3, -0.25) is 0 Å². The van der Waals surface area contributed by atoms with Crippen LogP contribution in [0.25, 0.3) is 0 Å². The van der Waals surface area contributed by atoms with Gasteiger partial charge in [0.15, 0.2) is 0 Å². The number of rotatable bonds is 5. The lowest BCUT2D eigenvalue weighted by Crippen LogP contribution is -2.22. The van der Waals surface area contributed by atoms with E-state index in [1.54, 1.807) is 18.2 Å². The lowest BCUT2D eigenvalue weighted by atomic mass is 10.2. The van der Waals surface area contributed by atoms with E-state index >= 15 is 0 Å². The van der Waals surface area contributed by atoms with E-state index in [1.807, 2.05) is 0 Å². The number of hydrogen-bond acceptors (Lipinski definition) is 4. The number of nitrogens with zero attached hydrogens (tertiary/aromatic N) is 2. The molecule has 22 heavy (non-hydrogen) atoms. The maximum absolute atomic E-state index is 13.7. The lowest BCUT2D eigenvalue weighted by Gasteiger charge is -2.11. The van der Waals surface area contributed by atoms with Crippen LogP contribution in [0.3, 0.4) is 0 Å². The van der Waals surface area contributed by atoms with Crippen LogP contribution in [0, 0.1) is 5.82 Å². The van der Waals surface area contributed by atoms with Crippen molar-refractivity contribution in [3.8, 4) is 0 Å². The van der Waals surface area contributed by atoms with Gasteiger partial charge in [-0.05, 0) is 29.8 Å². The second-order valence-corrected chi connectivity index (χ2v) is 8.71. The smallest absolute Gasteiger partial charge is 0.244 e. The first-order valence-electron chi connectivity index (χ1n) is 6.26. The van der Waals surface area contributed by atoms with Crippen LogP contribution in [-0.2, 0) is 15.8 Å². The highest BCUT2D eigenvalue weighted by molar-refractivity contribution is 9.10. The van der Waals surface area contributed by atoms with Gasteiger partial charge >= 0.3 is 0 Å². The van der Waals surface area contributed by atoms with Gasteiger partial charge in [-0.25, -0.2) is 22.1 Å². The Morgan fingerprint density at radius 3 is 2.55 bits per heavy atom. The zero-order valence-corrected chi connectivity index (χ0v) is 15.2. The van der Waals surface area contributed by atoms with E-state index in [-0.39, 0.29) is 10.7 Å². The second-order valence-electron chi connectivity index (χ2n) is 4.64. The van der Waals surface area contributed by atoms with Gasteiger partial charge in [-0.15, -0.1) is 11.8 Å². The summed E-state index contributed by atoms with van der Waals surface area (Å²) in [7, 11) is -0.543. The molecule has 118 valence electrons. The zero-order chi connectivity index (χ0) is 16.3. The van der Waals surface area contributed by atoms with Crippen LogP contribution in [0.4, 0.5) is 4.39 Å². The van der Waals surface area contributed by atoms with Crippen LogP contribution >= 0.6 is 27.7 Å². The fourth-order valence-electron chi connectivity index (χ4n) is 1.61. The van der Waals surface area contributed by atoms with Crippen molar-refractivity contribution < 1.29 is 12.8 Å². The monoisotopic (exact) mass is 404 g/mol. The predicted molar refractivity (Wildman–Crippen MR) is 88.8 cm³/mol. The highest BCUT2D eigenvalue weighted by Crippen LogP contribution is 2.25. The van der Waals surface area contributed by atoms with Crippen LogP contribution in [0.2, 0.25) is 0 Å². The summed E-state index contributed by atoms with van der Waals surface area (Å²) in [6.07, 6.45) is 1.32. The van der Waals surface area contributed by atoms with Crippen molar-refractivity contribution in [3.63, 3.8) is 0 Å². The quantitative estimate of drug-likeness (QED) is 0.715. The molecular weight excluding hydrogens is 391 g/mol. The van der Waals surface area contributed by atoms with Crippen molar-refractivity contribution in [1.82, 2.24) is 9.29 Å². The van der Waals surface area contributed by atoms with Crippen molar-refractivity contribution in [2.75, 3.05) is 14.1 Å². The minimum atomic E-state index is -3.48. The van der Waals surface area contributed by atoms with Gasteiger partial charge in [0.05, 0.1) is 5.03 Å². The summed E-state index contributed by atoms with van der Waals surface area (Å²) >= 11 is 4.56. The van der Waals surface area contributed by atoms with Gasteiger partial charge < -0.3 is 0 Å². The fourth-order valence-corrected chi connectivity index (χ4v) is 3.62. The van der Waals surface area contributed by atoms with Crippen molar-refractivity contribution in [3.05, 3.63) is 52.4 Å². The first kappa shape index (κ1) is 17.4. The maximum atomic E-state index is 13.7. The van der Waals surface area contributed by atoms with Crippen LogP contribution in [-0.4, -0.2) is 31.8 Å². The third-order valence-electron chi connectivity index (χ3n) is 2.88. The average molecular weight is 405 g/mol. The largest absolute Gasteiger partial charge is 0.249 e. The molecule has 8 heteroatoms. The number of benzene rings is 1. The molecule has 0 unspecified atom stereocenters. The Labute approximate surface area is 141 Å². The molecule has 0 aliphatic carbocycles. The van der Waals surface area contributed by atoms with E-state index in [4.69, 9.17) is 0 Å². The van der Waals surface area contributed by atoms with Crippen LogP contribution in [0.15, 0.2) is 50.9 Å². The molecule has 0 fully saturated rings. The van der Waals surface area contributed by atoms with Crippen LogP contribution < -0.4 is 0 Å². The zero-order valence-electron chi connectivity index (χ0n) is 12.0. The van der Waals surface area contributed by atoms with Crippen molar-refractivity contribution in [1.29, 1.82) is 0 Å². The molecule has 0 aliphatic heterocycles. The minimum absolute atomic E-state index is 0.136. The third kappa shape index (κ3) is 4.07. The molecule has 1 aromatic heterocycles. The molecule has 2 rings (SSSR count). The Kier molecular flexibility index (Phi) is 5.60. The van der Waals surface area contributed by atoms with Crippen LogP contribution in [0.5, 0.6) is 0 Å². The maximum Gasteiger partial charge on any atom is 0.244 e. The Bertz CT molecular complexity index is 765. The third-order valence-corrected chi connectivity index (χ3v) is 6.16. The normalized spacial score (nSPS) is 11.9. The van der Waals surface area contributed by atoms with Gasteiger partial charge in [0.25, 0.3) is 0 Å². The summed E-state index contributed by atoms with van der Waals surface area (Å²) in [6.45, 7) is 0. The molecule has 0 amide bonds. The number of pyridine rings is 1. The van der Waals surface area contributed by atoms with Crippen molar-refractivity contribution >= 4 is 37.7 Å². The number of thioether (sulfide) groups is 1. The van der Waals surface area contributed by atoms with Crippen LogP contribution in [0.1, 0.15) is 5.56 Å². The van der Waals surface area contributed by atoms with E-state index in [9.17, 15) is 12.8 Å². The van der Waals surface area contributed by atoms with E-state index < -0.39 is 10.0 Å². The number of halogens is 2. The summed E-state index contributed by atoms with van der Waals surface area (Å²) < 4.78 is 39.4. The first-order valence-corrected chi connectivity index (χ1v) is 9.48.